The van der Waals surface area contributed by atoms with E-state index >= 15 is 0 Å². The Labute approximate surface area is 133 Å². The summed E-state index contributed by atoms with van der Waals surface area (Å²) in [5.41, 5.74) is 5.06. The highest BCUT2D eigenvalue weighted by Gasteiger charge is 2.06. The number of nitrogens with zero attached hydrogens (tertiary/aromatic N) is 1. The van der Waals surface area contributed by atoms with E-state index in [1.165, 1.54) is 6.07 Å². The molecule has 0 atom stereocenters. The van der Waals surface area contributed by atoms with Gasteiger partial charge in [0.15, 0.2) is 5.11 Å². The van der Waals surface area contributed by atoms with Gasteiger partial charge in [-0.1, -0.05) is 12.1 Å². The Bertz CT molecular complexity index is 485. The van der Waals surface area contributed by atoms with E-state index in [1.807, 2.05) is 19.0 Å². The summed E-state index contributed by atoms with van der Waals surface area (Å²) in [4.78, 5) is 14.1. The number of thiocarbonyl (C=S) groups is 1. The van der Waals surface area contributed by atoms with E-state index in [0.29, 0.717) is 16.6 Å². The lowest BCUT2D eigenvalue weighted by Crippen LogP contribution is -2.48. The number of thioether (sulfide) groups is 1. The van der Waals surface area contributed by atoms with Crippen molar-refractivity contribution in [3.8, 4) is 0 Å². The fourth-order valence-electron chi connectivity index (χ4n) is 1.30. The van der Waals surface area contributed by atoms with Crippen LogP contribution in [0.5, 0.6) is 0 Å². The maximum atomic E-state index is 13.4. The number of likely N-dealkylation sites (N-methyl/N-ethyl adjacent to an activating group) is 1. The Morgan fingerprint density at radius 3 is 2.71 bits per heavy atom. The zero-order chi connectivity index (χ0) is 15.7. The van der Waals surface area contributed by atoms with Gasteiger partial charge in [0.1, 0.15) is 5.82 Å². The molecule has 3 N–H and O–H groups in total. The summed E-state index contributed by atoms with van der Waals surface area (Å²) in [6, 6.07) is 6.33. The highest BCUT2D eigenvalue weighted by atomic mass is 32.2. The second-order valence-electron chi connectivity index (χ2n) is 4.45. The molecule has 0 bridgehead atoms. The van der Waals surface area contributed by atoms with E-state index in [-0.39, 0.29) is 17.5 Å². The number of benzene rings is 1. The quantitative estimate of drug-likeness (QED) is 0.411. The van der Waals surface area contributed by atoms with E-state index < -0.39 is 0 Å². The lowest BCUT2D eigenvalue weighted by atomic mass is 10.3. The van der Waals surface area contributed by atoms with E-state index in [1.54, 1.807) is 18.2 Å². The number of hydrazine groups is 1. The van der Waals surface area contributed by atoms with Crippen molar-refractivity contribution in [2.75, 3.05) is 32.9 Å². The average molecular weight is 330 g/mol. The zero-order valence-electron chi connectivity index (χ0n) is 12.0. The van der Waals surface area contributed by atoms with E-state index in [2.05, 4.69) is 16.2 Å². The lowest BCUT2D eigenvalue weighted by Gasteiger charge is -2.13. The molecular formula is C13H19FN4OS2. The molecule has 0 radical (unpaired) electrons. The summed E-state index contributed by atoms with van der Waals surface area (Å²) in [7, 11) is 3.92. The van der Waals surface area contributed by atoms with E-state index in [0.717, 1.165) is 18.3 Å². The average Bonchev–Trinajstić information content (AvgIpc) is 2.44. The summed E-state index contributed by atoms with van der Waals surface area (Å²) in [5.74, 6) is -0.502. The van der Waals surface area contributed by atoms with Crippen LogP contribution >= 0.6 is 24.0 Å². The second-order valence-corrected chi connectivity index (χ2v) is 5.88. The summed E-state index contributed by atoms with van der Waals surface area (Å²) in [6.07, 6.45) is 0. The second kappa shape index (κ2) is 9.54. The molecule has 5 nitrogen and oxygen atoms in total. The van der Waals surface area contributed by atoms with Gasteiger partial charge in [0.2, 0.25) is 5.91 Å². The van der Waals surface area contributed by atoms with Gasteiger partial charge in [-0.15, -0.1) is 11.8 Å². The Hall–Kier alpha value is -1.38. The molecule has 0 aliphatic carbocycles. The van der Waals surface area contributed by atoms with Crippen LogP contribution in [0.25, 0.3) is 0 Å². The van der Waals surface area contributed by atoms with Gasteiger partial charge in [0.25, 0.3) is 0 Å². The molecule has 0 saturated carbocycles. The van der Waals surface area contributed by atoms with Crippen molar-refractivity contribution < 1.29 is 9.18 Å². The molecule has 1 rings (SSSR count). The van der Waals surface area contributed by atoms with Crippen molar-refractivity contribution >= 4 is 35.0 Å². The van der Waals surface area contributed by atoms with Gasteiger partial charge >= 0.3 is 0 Å². The first kappa shape index (κ1) is 17.7. The molecule has 0 fully saturated rings. The number of rotatable bonds is 6. The highest BCUT2D eigenvalue weighted by Crippen LogP contribution is 2.20. The Morgan fingerprint density at radius 1 is 1.33 bits per heavy atom. The molecule has 1 amide bonds. The van der Waals surface area contributed by atoms with Crippen LogP contribution in [-0.2, 0) is 4.79 Å². The molecule has 0 heterocycles. The number of hydrogen-bond donors (Lipinski definition) is 3. The first-order valence-corrected chi connectivity index (χ1v) is 7.73. The number of carbonyl (C=O) groups excluding carboxylic acids is 1. The summed E-state index contributed by atoms with van der Waals surface area (Å²) in [6.45, 7) is 1.51. The van der Waals surface area contributed by atoms with Gasteiger partial charge in [-0.2, -0.15) is 0 Å². The maximum absolute atomic E-state index is 13.4. The van der Waals surface area contributed by atoms with Crippen LogP contribution < -0.4 is 16.2 Å². The molecule has 1 aromatic carbocycles. The van der Waals surface area contributed by atoms with Gasteiger partial charge < -0.3 is 10.2 Å². The minimum atomic E-state index is -0.330. The Balaban J connectivity index is 2.19. The number of hydrogen-bond acceptors (Lipinski definition) is 4. The summed E-state index contributed by atoms with van der Waals surface area (Å²) in [5, 5.41) is 3.30. The fraction of sp³-hybridized carbons (Fsp3) is 0.385. The van der Waals surface area contributed by atoms with Crippen molar-refractivity contribution in [2.45, 2.75) is 4.90 Å². The van der Waals surface area contributed by atoms with Crippen LogP contribution in [0, 0.1) is 5.82 Å². The largest absolute Gasteiger partial charge is 0.360 e. The van der Waals surface area contributed by atoms with Gasteiger partial charge in [0, 0.05) is 18.0 Å². The molecule has 0 unspecified atom stereocenters. The fourth-order valence-corrected chi connectivity index (χ4v) is 2.20. The molecule has 8 heteroatoms. The Morgan fingerprint density at radius 2 is 2.05 bits per heavy atom. The van der Waals surface area contributed by atoms with Crippen LogP contribution in [0.15, 0.2) is 29.2 Å². The maximum Gasteiger partial charge on any atom is 0.248 e. The first-order chi connectivity index (χ1) is 9.99. The SMILES string of the molecule is CN(C)CCNC(=S)NNC(=O)CSc1ccccc1F. The van der Waals surface area contributed by atoms with Gasteiger partial charge in [0.05, 0.1) is 5.75 Å². The van der Waals surface area contributed by atoms with Crippen molar-refractivity contribution in [3.05, 3.63) is 30.1 Å². The third kappa shape index (κ3) is 7.84. The third-order valence-corrected chi connectivity index (χ3v) is 3.65. The van der Waals surface area contributed by atoms with Gasteiger partial charge in [-0.3, -0.25) is 15.6 Å². The Kier molecular flexibility index (Phi) is 8.03. The van der Waals surface area contributed by atoms with Crippen molar-refractivity contribution in [3.63, 3.8) is 0 Å². The number of amides is 1. The van der Waals surface area contributed by atoms with Crippen LogP contribution in [0.2, 0.25) is 0 Å². The van der Waals surface area contributed by atoms with Crippen molar-refractivity contribution in [2.24, 2.45) is 0 Å². The van der Waals surface area contributed by atoms with Crippen LogP contribution in [0.1, 0.15) is 0 Å². The summed E-state index contributed by atoms with van der Waals surface area (Å²) < 4.78 is 13.4. The topological polar surface area (TPSA) is 56.4 Å². The van der Waals surface area contributed by atoms with Crippen LogP contribution in [0.3, 0.4) is 0 Å². The zero-order valence-corrected chi connectivity index (χ0v) is 13.6. The smallest absolute Gasteiger partial charge is 0.248 e. The first-order valence-electron chi connectivity index (χ1n) is 6.34. The minimum absolute atomic E-state index is 0.105. The molecule has 116 valence electrons. The number of carbonyl (C=O) groups is 1. The molecule has 0 aliphatic rings. The predicted molar refractivity (Wildman–Crippen MR) is 87.6 cm³/mol. The number of halogens is 1. The normalized spacial score (nSPS) is 10.3. The van der Waals surface area contributed by atoms with E-state index in [4.69, 9.17) is 12.2 Å². The predicted octanol–water partition coefficient (Wildman–Crippen LogP) is 0.975. The molecular weight excluding hydrogens is 311 g/mol. The molecule has 0 saturated heterocycles. The van der Waals surface area contributed by atoms with Gasteiger partial charge in [-0.05, 0) is 38.4 Å². The molecule has 21 heavy (non-hydrogen) atoms. The number of nitrogens with one attached hydrogen (secondary N) is 3. The molecule has 0 aliphatic heterocycles. The molecule has 1 aromatic rings. The molecule has 0 spiro atoms. The van der Waals surface area contributed by atoms with Crippen molar-refractivity contribution in [1.82, 2.24) is 21.1 Å². The third-order valence-electron chi connectivity index (χ3n) is 2.36. The van der Waals surface area contributed by atoms with E-state index in [9.17, 15) is 9.18 Å². The lowest BCUT2D eigenvalue weighted by molar-refractivity contribution is -0.119. The minimum Gasteiger partial charge on any atom is -0.360 e. The summed E-state index contributed by atoms with van der Waals surface area (Å²) >= 11 is 6.13. The molecule has 0 aromatic heterocycles. The highest BCUT2D eigenvalue weighted by molar-refractivity contribution is 8.00. The van der Waals surface area contributed by atoms with Crippen molar-refractivity contribution in [1.29, 1.82) is 0 Å². The van der Waals surface area contributed by atoms with Crippen LogP contribution in [-0.4, -0.2) is 48.9 Å². The standard InChI is InChI=1S/C13H19FN4OS2/c1-18(2)8-7-15-13(20)17-16-12(19)9-21-11-6-4-3-5-10(11)14/h3-6H,7-9H2,1-2H3,(H,16,19)(H2,15,17,20). The monoisotopic (exact) mass is 330 g/mol. The van der Waals surface area contributed by atoms with Crippen LogP contribution in [0.4, 0.5) is 4.39 Å². The van der Waals surface area contributed by atoms with Gasteiger partial charge in [-0.25, -0.2) is 4.39 Å².